The number of hydrogen-bond donors (Lipinski definition) is 2. The van der Waals surface area contributed by atoms with E-state index >= 15 is 0 Å². The molecule has 2 heterocycles. The Labute approximate surface area is 193 Å². The van der Waals surface area contributed by atoms with Crippen molar-refractivity contribution in [2.24, 2.45) is 0 Å². The molecule has 1 aliphatic heterocycles. The number of rotatable bonds is 5. The maximum absolute atomic E-state index is 13.0. The van der Waals surface area contributed by atoms with Gasteiger partial charge in [0.1, 0.15) is 5.00 Å². The number of amides is 2. The summed E-state index contributed by atoms with van der Waals surface area (Å²) in [5, 5.41) is 6.12. The van der Waals surface area contributed by atoms with Crippen LogP contribution in [0.4, 0.5) is 5.00 Å². The van der Waals surface area contributed by atoms with Gasteiger partial charge in [0.2, 0.25) is 10.0 Å². The van der Waals surface area contributed by atoms with E-state index in [0.717, 1.165) is 55.4 Å². The predicted molar refractivity (Wildman–Crippen MR) is 126 cm³/mol. The number of nitrogens with zero attached hydrogens (tertiary/aromatic N) is 1. The van der Waals surface area contributed by atoms with Crippen molar-refractivity contribution in [2.45, 2.75) is 62.8 Å². The summed E-state index contributed by atoms with van der Waals surface area (Å²) in [4.78, 5) is 26.7. The van der Waals surface area contributed by atoms with E-state index in [9.17, 15) is 18.0 Å². The minimum absolute atomic E-state index is 0.0234. The van der Waals surface area contributed by atoms with Crippen LogP contribution in [-0.2, 0) is 22.9 Å². The van der Waals surface area contributed by atoms with E-state index in [1.54, 1.807) is 11.4 Å². The van der Waals surface area contributed by atoms with Crippen LogP contribution in [0.15, 0.2) is 29.2 Å². The van der Waals surface area contributed by atoms with Crippen molar-refractivity contribution in [2.75, 3.05) is 18.9 Å². The van der Waals surface area contributed by atoms with Gasteiger partial charge in [-0.1, -0.05) is 6.42 Å². The standard InChI is InChI=1S/C23H29N3O4S2/c1-15-7-5-6-14-26(15)32(29,30)17-12-10-16(11-13-17)21(27)25-23-20(22(28)24-2)18-8-3-4-9-19(18)31-23/h10-13,15H,3-9,14H2,1-2H3,(H,24,28)(H,25,27)/t15-/m1/s1. The zero-order valence-corrected chi connectivity index (χ0v) is 20.1. The number of carbonyl (C=O) groups is 2. The quantitative estimate of drug-likeness (QED) is 0.688. The van der Waals surface area contributed by atoms with Crippen LogP contribution in [-0.4, -0.2) is 44.2 Å². The highest BCUT2D eigenvalue weighted by molar-refractivity contribution is 7.89. The highest BCUT2D eigenvalue weighted by Crippen LogP contribution is 2.38. The molecular weight excluding hydrogens is 446 g/mol. The second-order valence-electron chi connectivity index (χ2n) is 8.43. The Morgan fingerprint density at radius 1 is 1.03 bits per heavy atom. The average molecular weight is 476 g/mol. The Bertz CT molecular complexity index is 1120. The van der Waals surface area contributed by atoms with Crippen LogP contribution in [0.3, 0.4) is 0 Å². The molecule has 2 N–H and O–H groups in total. The highest BCUT2D eigenvalue weighted by atomic mass is 32.2. The van der Waals surface area contributed by atoms with Gasteiger partial charge in [-0.3, -0.25) is 9.59 Å². The first-order chi connectivity index (χ1) is 15.3. The number of thiophene rings is 1. The molecule has 1 aromatic carbocycles. The normalized spacial score (nSPS) is 19.2. The molecule has 32 heavy (non-hydrogen) atoms. The van der Waals surface area contributed by atoms with Gasteiger partial charge in [-0.25, -0.2) is 8.42 Å². The van der Waals surface area contributed by atoms with E-state index in [1.165, 1.54) is 35.6 Å². The van der Waals surface area contributed by atoms with Crippen LogP contribution in [0.1, 0.15) is 70.2 Å². The first kappa shape index (κ1) is 22.9. The molecule has 2 aliphatic rings. The van der Waals surface area contributed by atoms with Crippen molar-refractivity contribution in [1.82, 2.24) is 9.62 Å². The Balaban J connectivity index is 1.55. The van der Waals surface area contributed by atoms with E-state index in [0.29, 0.717) is 22.7 Å². The summed E-state index contributed by atoms with van der Waals surface area (Å²) < 4.78 is 27.6. The molecule has 1 aliphatic carbocycles. The molecule has 4 rings (SSSR count). The lowest BCUT2D eigenvalue weighted by atomic mass is 9.95. The van der Waals surface area contributed by atoms with Crippen molar-refractivity contribution < 1.29 is 18.0 Å². The summed E-state index contributed by atoms with van der Waals surface area (Å²) in [6.07, 6.45) is 6.64. The molecular formula is C23H29N3O4S2. The number of anilines is 1. The van der Waals surface area contributed by atoms with Gasteiger partial charge < -0.3 is 10.6 Å². The fraction of sp³-hybridized carbons (Fsp3) is 0.478. The summed E-state index contributed by atoms with van der Waals surface area (Å²) in [5.41, 5.74) is 1.94. The largest absolute Gasteiger partial charge is 0.355 e. The Kier molecular flexibility index (Phi) is 6.69. The number of piperidine rings is 1. The molecule has 0 unspecified atom stereocenters. The van der Waals surface area contributed by atoms with Crippen molar-refractivity contribution in [3.05, 3.63) is 45.8 Å². The van der Waals surface area contributed by atoms with Gasteiger partial charge >= 0.3 is 0 Å². The molecule has 0 bridgehead atoms. The Morgan fingerprint density at radius 2 is 1.75 bits per heavy atom. The molecule has 2 aromatic rings. The second kappa shape index (κ2) is 9.33. The Morgan fingerprint density at radius 3 is 2.44 bits per heavy atom. The van der Waals surface area contributed by atoms with E-state index in [4.69, 9.17) is 0 Å². The maximum atomic E-state index is 13.0. The van der Waals surface area contributed by atoms with Crippen LogP contribution < -0.4 is 10.6 Å². The molecule has 1 fully saturated rings. The van der Waals surface area contributed by atoms with Gasteiger partial charge in [0, 0.05) is 30.1 Å². The first-order valence-corrected chi connectivity index (χ1v) is 13.4. The monoisotopic (exact) mass is 475 g/mol. The molecule has 1 saturated heterocycles. The lowest BCUT2D eigenvalue weighted by Gasteiger charge is -2.32. The van der Waals surface area contributed by atoms with Crippen molar-refractivity contribution in [1.29, 1.82) is 0 Å². The molecule has 9 heteroatoms. The van der Waals surface area contributed by atoms with Gasteiger partial charge in [0.15, 0.2) is 0 Å². The Hall–Kier alpha value is -2.23. The summed E-state index contributed by atoms with van der Waals surface area (Å²) in [6, 6.07) is 6.02. The first-order valence-electron chi connectivity index (χ1n) is 11.1. The molecule has 0 spiro atoms. The second-order valence-corrected chi connectivity index (χ2v) is 11.4. The summed E-state index contributed by atoms with van der Waals surface area (Å²) in [5.74, 6) is -0.555. The van der Waals surface area contributed by atoms with Crippen LogP contribution >= 0.6 is 11.3 Å². The van der Waals surface area contributed by atoms with Crippen molar-refractivity contribution in [3.8, 4) is 0 Å². The molecule has 0 saturated carbocycles. The lowest BCUT2D eigenvalue weighted by molar-refractivity contribution is 0.0963. The molecule has 2 amide bonds. The summed E-state index contributed by atoms with van der Waals surface area (Å²) in [7, 11) is -2.00. The average Bonchev–Trinajstić information content (AvgIpc) is 3.16. The zero-order chi connectivity index (χ0) is 22.9. The van der Waals surface area contributed by atoms with Gasteiger partial charge in [0.25, 0.3) is 11.8 Å². The fourth-order valence-electron chi connectivity index (χ4n) is 4.54. The number of fused-ring (bicyclic) bond motifs is 1. The number of nitrogens with one attached hydrogen (secondary N) is 2. The number of aryl methyl sites for hydroxylation is 1. The van der Waals surface area contributed by atoms with Gasteiger partial charge in [-0.2, -0.15) is 4.31 Å². The smallest absolute Gasteiger partial charge is 0.256 e. The van der Waals surface area contributed by atoms with Crippen LogP contribution in [0.2, 0.25) is 0 Å². The SMILES string of the molecule is CNC(=O)c1c(NC(=O)c2ccc(S(=O)(=O)N3CCCC[C@H]3C)cc2)sc2c1CCCC2. The van der Waals surface area contributed by atoms with Crippen LogP contribution in [0, 0.1) is 0 Å². The molecule has 7 nitrogen and oxygen atoms in total. The molecule has 0 radical (unpaired) electrons. The number of carbonyl (C=O) groups excluding carboxylic acids is 2. The lowest BCUT2D eigenvalue weighted by Crippen LogP contribution is -2.41. The van der Waals surface area contributed by atoms with E-state index in [2.05, 4.69) is 10.6 Å². The molecule has 1 atom stereocenters. The van der Waals surface area contributed by atoms with E-state index in [1.807, 2.05) is 6.92 Å². The minimum atomic E-state index is -3.59. The van der Waals surface area contributed by atoms with Gasteiger partial charge in [-0.15, -0.1) is 11.3 Å². The third-order valence-electron chi connectivity index (χ3n) is 6.32. The van der Waals surface area contributed by atoms with Gasteiger partial charge in [-0.05, 0) is 75.3 Å². The summed E-state index contributed by atoms with van der Waals surface area (Å²) in [6.45, 7) is 2.46. The molecule has 172 valence electrons. The number of benzene rings is 1. The zero-order valence-electron chi connectivity index (χ0n) is 18.4. The fourth-order valence-corrected chi connectivity index (χ4v) is 7.52. The highest BCUT2D eigenvalue weighted by Gasteiger charge is 2.31. The topological polar surface area (TPSA) is 95.6 Å². The number of hydrogen-bond acceptors (Lipinski definition) is 5. The summed E-state index contributed by atoms with van der Waals surface area (Å²) >= 11 is 1.46. The van der Waals surface area contributed by atoms with Gasteiger partial charge in [0.05, 0.1) is 10.5 Å². The number of sulfonamides is 1. The third kappa shape index (κ3) is 4.33. The van der Waals surface area contributed by atoms with E-state index in [-0.39, 0.29) is 22.8 Å². The van der Waals surface area contributed by atoms with Crippen LogP contribution in [0.25, 0.3) is 0 Å². The predicted octanol–water partition coefficient (Wildman–Crippen LogP) is 3.80. The van der Waals surface area contributed by atoms with Crippen molar-refractivity contribution in [3.63, 3.8) is 0 Å². The van der Waals surface area contributed by atoms with E-state index < -0.39 is 10.0 Å². The van der Waals surface area contributed by atoms with Crippen molar-refractivity contribution >= 4 is 38.2 Å². The maximum Gasteiger partial charge on any atom is 0.256 e. The minimum Gasteiger partial charge on any atom is -0.355 e. The third-order valence-corrected chi connectivity index (χ3v) is 9.55. The van der Waals surface area contributed by atoms with Crippen LogP contribution in [0.5, 0.6) is 0 Å². The molecule has 1 aromatic heterocycles.